The molecule has 0 aliphatic carbocycles. The van der Waals surface area contributed by atoms with Gasteiger partial charge in [0.1, 0.15) is 0 Å². The molecule has 0 bridgehead atoms. The monoisotopic (exact) mass is 227 g/mol. The van der Waals surface area contributed by atoms with E-state index in [1.807, 2.05) is 38.1 Å². The van der Waals surface area contributed by atoms with E-state index in [9.17, 15) is 4.79 Å². The second-order valence-corrected chi connectivity index (χ2v) is 4.02. The first-order valence-corrected chi connectivity index (χ1v) is 5.35. The van der Waals surface area contributed by atoms with Crippen molar-refractivity contribution in [2.45, 2.75) is 13.8 Å². The number of aryl methyl sites for hydroxylation is 2. The van der Waals surface area contributed by atoms with E-state index in [2.05, 4.69) is 4.98 Å². The van der Waals surface area contributed by atoms with Gasteiger partial charge in [-0.1, -0.05) is 12.1 Å². The number of aromatic nitrogens is 1. The molecule has 17 heavy (non-hydrogen) atoms. The lowest BCUT2D eigenvalue weighted by Gasteiger charge is -2.05. The molecule has 3 heteroatoms. The van der Waals surface area contributed by atoms with Gasteiger partial charge in [-0.2, -0.15) is 0 Å². The van der Waals surface area contributed by atoms with E-state index in [0.717, 1.165) is 22.5 Å². The van der Waals surface area contributed by atoms with Crippen molar-refractivity contribution in [1.82, 2.24) is 4.98 Å². The molecule has 0 spiro atoms. The van der Waals surface area contributed by atoms with Crippen molar-refractivity contribution in [2.75, 3.05) is 0 Å². The van der Waals surface area contributed by atoms with Crippen LogP contribution in [-0.2, 0) is 0 Å². The Balaban J connectivity index is 2.43. The fourth-order valence-corrected chi connectivity index (χ4v) is 1.81. The van der Waals surface area contributed by atoms with E-state index in [0.29, 0.717) is 5.56 Å². The average molecular weight is 227 g/mol. The summed E-state index contributed by atoms with van der Waals surface area (Å²) in [7, 11) is 0. The number of pyridine rings is 1. The average Bonchev–Trinajstić information content (AvgIpc) is 2.28. The van der Waals surface area contributed by atoms with Gasteiger partial charge in [0.15, 0.2) is 0 Å². The fourth-order valence-electron chi connectivity index (χ4n) is 1.81. The number of carboxylic acids is 1. The first-order valence-electron chi connectivity index (χ1n) is 5.35. The number of nitrogens with zero attached hydrogens (tertiary/aromatic N) is 1. The summed E-state index contributed by atoms with van der Waals surface area (Å²) < 4.78 is 0. The minimum atomic E-state index is -0.904. The lowest BCUT2D eigenvalue weighted by molar-refractivity contribution is 0.0697. The minimum absolute atomic E-state index is 0.302. The van der Waals surface area contributed by atoms with Crippen LogP contribution in [-0.4, -0.2) is 16.1 Å². The van der Waals surface area contributed by atoms with Crippen LogP contribution in [0.25, 0.3) is 11.1 Å². The maximum absolute atomic E-state index is 10.7. The van der Waals surface area contributed by atoms with Crippen LogP contribution in [0.2, 0.25) is 0 Å². The second kappa shape index (κ2) is 4.37. The van der Waals surface area contributed by atoms with Gasteiger partial charge in [-0.05, 0) is 49.2 Å². The molecular weight excluding hydrogens is 214 g/mol. The summed E-state index contributed by atoms with van der Waals surface area (Å²) >= 11 is 0. The first kappa shape index (κ1) is 11.3. The van der Waals surface area contributed by atoms with Crippen molar-refractivity contribution in [3.8, 4) is 11.1 Å². The third-order valence-electron chi connectivity index (χ3n) is 2.55. The number of carbonyl (C=O) groups is 1. The summed E-state index contributed by atoms with van der Waals surface area (Å²) in [6, 6.07) is 10.8. The lowest BCUT2D eigenvalue weighted by atomic mass is 10.0. The smallest absolute Gasteiger partial charge is 0.335 e. The van der Waals surface area contributed by atoms with Gasteiger partial charge in [-0.3, -0.25) is 4.98 Å². The van der Waals surface area contributed by atoms with E-state index in [1.165, 1.54) is 0 Å². The summed E-state index contributed by atoms with van der Waals surface area (Å²) in [5.41, 5.74) is 4.29. The second-order valence-electron chi connectivity index (χ2n) is 4.02. The number of aromatic carboxylic acids is 1. The molecule has 0 atom stereocenters. The van der Waals surface area contributed by atoms with Crippen LogP contribution in [0, 0.1) is 13.8 Å². The van der Waals surface area contributed by atoms with Crippen LogP contribution >= 0.6 is 0 Å². The van der Waals surface area contributed by atoms with Gasteiger partial charge in [-0.25, -0.2) is 4.79 Å². The van der Waals surface area contributed by atoms with Gasteiger partial charge in [0.05, 0.1) is 5.56 Å². The lowest BCUT2D eigenvalue weighted by Crippen LogP contribution is -1.95. The van der Waals surface area contributed by atoms with Gasteiger partial charge in [-0.15, -0.1) is 0 Å². The molecule has 0 amide bonds. The molecule has 2 rings (SSSR count). The van der Waals surface area contributed by atoms with Crippen LogP contribution in [0.3, 0.4) is 0 Å². The number of rotatable bonds is 2. The zero-order valence-electron chi connectivity index (χ0n) is 9.77. The zero-order chi connectivity index (χ0) is 12.4. The molecule has 1 N–H and O–H groups in total. The zero-order valence-corrected chi connectivity index (χ0v) is 9.77. The molecule has 0 saturated carbocycles. The molecule has 2 aromatic rings. The third kappa shape index (κ3) is 2.50. The molecule has 1 aromatic carbocycles. The summed E-state index contributed by atoms with van der Waals surface area (Å²) in [5, 5.41) is 8.82. The Kier molecular flexibility index (Phi) is 2.91. The van der Waals surface area contributed by atoms with Crippen LogP contribution in [0.1, 0.15) is 21.7 Å². The van der Waals surface area contributed by atoms with Crippen LogP contribution in [0.15, 0.2) is 36.4 Å². The number of benzene rings is 1. The maximum atomic E-state index is 10.7. The molecule has 1 aromatic heterocycles. The Bertz CT molecular complexity index is 539. The Labute approximate surface area is 99.8 Å². The molecule has 3 nitrogen and oxygen atoms in total. The number of hydrogen-bond acceptors (Lipinski definition) is 2. The number of carboxylic acid groups (broad SMARTS) is 1. The summed E-state index contributed by atoms with van der Waals surface area (Å²) in [4.78, 5) is 15.1. The van der Waals surface area contributed by atoms with E-state index in [1.54, 1.807) is 12.1 Å². The third-order valence-corrected chi connectivity index (χ3v) is 2.55. The van der Waals surface area contributed by atoms with Crippen molar-refractivity contribution < 1.29 is 9.90 Å². The topological polar surface area (TPSA) is 50.2 Å². The molecule has 86 valence electrons. The normalized spacial score (nSPS) is 10.2. The van der Waals surface area contributed by atoms with Crippen molar-refractivity contribution in [3.63, 3.8) is 0 Å². The molecule has 0 saturated heterocycles. The summed E-state index contributed by atoms with van der Waals surface area (Å²) in [6.07, 6.45) is 0. The highest BCUT2D eigenvalue weighted by Crippen LogP contribution is 2.21. The van der Waals surface area contributed by atoms with E-state index < -0.39 is 5.97 Å². The quantitative estimate of drug-likeness (QED) is 0.857. The standard InChI is InChI=1S/C14H13NO2/c1-9-7-13(8-10(2)15-9)11-3-5-12(6-4-11)14(16)17/h3-8H,1-2H3,(H,16,17). The van der Waals surface area contributed by atoms with Crippen LogP contribution in [0.5, 0.6) is 0 Å². The van der Waals surface area contributed by atoms with Gasteiger partial charge in [0.25, 0.3) is 0 Å². The fraction of sp³-hybridized carbons (Fsp3) is 0.143. The highest BCUT2D eigenvalue weighted by Gasteiger charge is 2.04. The first-order chi connectivity index (χ1) is 8.06. The van der Waals surface area contributed by atoms with Crippen molar-refractivity contribution in [1.29, 1.82) is 0 Å². The summed E-state index contributed by atoms with van der Waals surface area (Å²) in [5.74, 6) is -0.904. The molecule has 0 aliphatic heterocycles. The number of hydrogen-bond donors (Lipinski definition) is 1. The Morgan fingerprint density at radius 1 is 1.00 bits per heavy atom. The Hall–Kier alpha value is -2.16. The molecule has 0 fully saturated rings. The van der Waals surface area contributed by atoms with Gasteiger partial charge < -0.3 is 5.11 Å². The van der Waals surface area contributed by atoms with Crippen LogP contribution < -0.4 is 0 Å². The van der Waals surface area contributed by atoms with Crippen molar-refractivity contribution in [3.05, 3.63) is 53.3 Å². The van der Waals surface area contributed by atoms with Crippen molar-refractivity contribution >= 4 is 5.97 Å². The molecule has 0 aliphatic rings. The van der Waals surface area contributed by atoms with E-state index in [4.69, 9.17) is 5.11 Å². The van der Waals surface area contributed by atoms with Crippen molar-refractivity contribution in [2.24, 2.45) is 0 Å². The van der Waals surface area contributed by atoms with Crippen LogP contribution in [0.4, 0.5) is 0 Å². The molecule has 1 heterocycles. The molecule has 0 unspecified atom stereocenters. The highest BCUT2D eigenvalue weighted by atomic mass is 16.4. The SMILES string of the molecule is Cc1cc(-c2ccc(C(=O)O)cc2)cc(C)n1. The Morgan fingerprint density at radius 2 is 1.53 bits per heavy atom. The molecular formula is C14H13NO2. The largest absolute Gasteiger partial charge is 0.478 e. The van der Waals surface area contributed by atoms with E-state index >= 15 is 0 Å². The maximum Gasteiger partial charge on any atom is 0.335 e. The minimum Gasteiger partial charge on any atom is -0.478 e. The summed E-state index contributed by atoms with van der Waals surface area (Å²) in [6.45, 7) is 3.89. The predicted molar refractivity (Wildman–Crippen MR) is 66.1 cm³/mol. The van der Waals surface area contributed by atoms with Gasteiger partial charge >= 0.3 is 5.97 Å². The van der Waals surface area contributed by atoms with Gasteiger partial charge in [0.2, 0.25) is 0 Å². The van der Waals surface area contributed by atoms with E-state index in [-0.39, 0.29) is 0 Å². The molecule has 0 radical (unpaired) electrons. The highest BCUT2D eigenvalue weighted by molar-refractivity contribution is 5.88. The van der Waals surface area contributed by atoms with Gasteiger partial charge in [0, 0.05) is 11.4 Å². The predicted octanol–water partition coefficient (Wildman–Crippen LogP) is 3.06. The Morgan fingerprint density at radius 3 is 2.00 bits per heavy atom.